The Kier molecular flexibility index (Phi) is 8.11. The molecule has 7 nitrogen and oxygen atoms in total. The van der Waals surface area contributed by atoms with Crippen molar-refractivity contribution in [2.45, 2.75) is 31.6 Å². The highest BCUT2D eigenvalue weighted by Crippen LogP contribution is 2.22. The van der Waals surface area contributed by atoms with Crippen LogP contribution in [0.25, 0.3) is 0 Å². The first-order valence-electron chi connectivity index (χ1n) is 9.55. The second kappa shape index (κ2) is 10.8. The van der Waals surface area contributed by atoms with E-state index in [2.05, 4.69) is 36.8 Å². The second-order valence-electron chi connectivity index (χ2n) is 6.60. The third-order valence-electron chi connectivity index (χ3n) is 4.38. The van der Waals surface area contributed by atoms with Gasteiger partial charge in [0.25, 0.3) is 5.91 Å². The largest absolute Gasteiger partial charge is 0.342 e. The lowest BCUT2D eigenvalue weighted by Crippen LogP contribution is -2.29. The summed E-state index contributed by atoms with van der Waals surface area (Å²) in [5.74, 6) is 0.374. The first-order chi connectivity index (χ1) is 14.9. The summed E-state index contributed by atoms with van der Waals surface area (Å²) in [6.07, 6.45) is 0. The number of hydrogen-bond donors (Lipinski definition) is 2. The molecule has 1 aromatic heterocycles. The number of carbonyl (C=O) groups is 2. The Morgan fingerprint density at radius 2 is 1.87 bits per heavy atom. The molecule has 1 atom stereocenters. The molecule has 0 fully saturated rings. The molecule has 0 aliphatic heterocycles. The Morgan fingerprint density at radius 1 is 1.16 bits per heavy atom. The van der Waals surface area contributed by atoms with E-state index in [1.165, 1.54) is 11.8 Å². The third kappa shape index (κ3) is 6.09. The highest BCUT2D eigenvalue weighted by atomic mass is 79.9. The number of thioether (sulfide) groups is 1. The van der Waals surface area contributed by atoms with Crippen LogP contribution in [0, 0.1) is 0 Å². The maximum Gasteiger partial charge on any atom is 0.253 e. The monoisotopic (exact) mass is 521 g/mol. The molecule has 10 heteroatoms. The number of hydrogen-bond acceptors (Lipinski definition) is 5. The Hall–Kier alpha value is -2.36. The van der Waals surface area contributed by atoms with Gasteiger partial charge in [-0.1, -0.05) is 51.4 Å². The topological polar surface area (TPSA) is 88.9 Å². The molecule has 162 valence electrons. The normalized spacial score (nSPS) is 11.7. The maximum atomic E-state index is 12.6. The van der Waals surface area contributed by atoms with Crippen molar-refractivity contribution in [3.05, 3.63) is 69.4 Å². The predicted molar refractivity (Wildman–Crippen MR) is 127 cm³/mol. The summed E-state index contributed by atoms with van der Waals surface area (Å²) in [4.78, 5) is 24.8. The van der Waals surface area contributed by atoms with Gasteiger partial charge < -0.3 is 15.2 Å². The lowest BCUT2D eigenvalue weighted by Gasteiger charge is -2.15. The van der Waals surface area contributed by atoms with E-state index >= 15 is 0 Å². The van der Waals surface area contributed by atoms with E-state index in [4.69, 9.17) is 11.6 Å². The fraction of sp³-hybridized carbons (Fsp3) is 0.238. The van der Waals surface area contributed by atoms with Crippen LogP contribution >= 0.6 is 39.3 Å². The number of amides is 2. The molecule has 0 saturated carbocycles. The van der Waals surface area contributed by atoms with E-state index in [0.29, 0.717) is 28.1 Å². The summed E-state index contributed by atoms with van der Waals surface area (Å²) < 4.78 is 2.83. The van der Waals surface area contributed by atoms with E-state index in [1.807, 2.05) is 42.7 Å². The van der Waals surface area contributed by atoms with Crippen molar-refractivity contribution < 1.29 is 9.59 Å². The molecule has 0 bridgehead atoms. The average Bonchev–Trinajstić information content (AvgIpc) is 3.17. The number of aromatic nitrogens is 3. The van der Waals surface area contributed by atoms with E-state index < -0.39 is 0 Å². The van der Waals surface area contributed by atoms with Gasteiger partial charge in [0.05, 0.1) is 22.4 Å². The molecule has 3 aromatic rings. The average molecular weight is 523 g/mol. The van der Waals surface area contributed by atoms with Gasteiger partial charge in [0, 0.05) is 16.7 Å². The van der Waals surface area contributed by atoms with Crippen molar-refractivity contribution in [1.29, 1.82) is 0 Å². The number of rotatable bonds is 8. The molecule has 2 aromatic carbocycles. The minimum absolute atomic E-state index is 0.139. The Morgan fingerprint density at radius 3 is 2.55 bits per heavy atom. The van der Waals surface area contributed by atoms with Crippen molar-refractivity contribution in [3.8, 4) is 0 Å². The zero-order valence-electron chi connectivity index (χ0n) is 16.9. The first kappa shape index (κ1) is 23.3. The molecule has 31 heavy (non-hydrogen) atoms. The van der Waals surface area contributed by atoms with Gasteiger partial charge in [0.1, 0.15) is 0 Å². The lowest BCUT2D eigenvalue weighted by molar-refractivity contribution is -0.113. The van der Waals surface area contributed by atoms with Crippen molar-refractivity contribution in [1.82, 2.24) is 20.1 Å². The number of carbonyl (C=O) groups excluding carboxylic acids is 2. The summed E-state index contributed by atoms with van der Waals surface area (Å²) in [7, 11) is 0. The molecule has 2 amide bonds. The molecular weight excluding hydrogens is 502 g/mol. The van der Waals surface area contributed by atoms with Crippen molar-refractivity contribution >= 4 is 56.8 Å². The second-order valence-corrected chi connectivity index (χ2v) is 8.87. The molecular formula is C21H21BrClN5O2S. The number of nitrogens with one attached hydrogen (secondary N) is 2. The Bertz CT molecular complexity index is 1070. The van der Waals surface area contributed by atoms with Crippen molar-refractivity contribution in [2.24, 2.45) is 0 Å². The molecule has 0 radical (unpaired) electrons. The van der Waals surface area contributed by atoms with Gasteiger partial charge in [0.2, 0.25) is 5.91 Å². The number of halogens is 2. The minimum atomic E-state index is -0.387. The molecule has 1 heterocycles. The van der Waals surface area contributed by atoms with Crippen LogP contribution < -0.4 is 10.6 Å². The van der Waals surface area contributed by atoms with Crippen LogP contribution in [0.1, 0.15) is 36.1 Å². The fourth-order valence-electron chi connectivity index (χ4n) is 2.87. The van der Waals surface area contributed by atoms with Gasteiger partial charge in [-0.15, -0.1) is 10.2 Å². The fourth-order valence-corrected chi connectivity index (χ4v) is 4.16. The van der Waals surface area contributed by atoms with E-state index in [1.54, 1.807) is 24.3 Å². The van der Waals surface area contributed by atoms with Gasteiger partial charge >= 0.3 is 0 Å². The number of anilines is 1. The summed E-state index contributed by atoms with van der Waals surface area (Å²) in [5, 5.41) is 15.2. The molecule has 0 saturated heterocycles. The smallest absolute Gasteiger partial charge is 0.253 e. The molecule has 2 N–H and O–H groups in total. The first-order valence-corrected chi connectivity index (χ1v) is 11.7. The van der Waals surface area contributed by atoms with Gasteiger partial charge in [-0.2, -0.15) is 0 Å². The quantitative estimate of drug-likeness (QED) is 0.409. The van der Waals surface area contributed by atoms with Crippen LogP contribution in [0.5, 0.6) is 0 Å². The van der Waals surface area contributed by atoms with E-state index in [0.717, 1.165) is 10.2 Å². The summed E-state index contributed by atoms with van der Waals surface area (Å²) in [6.45, 7) is 4.40. The van der Waals surface area contributed by atoms with Crippen LogP contribution in [0.2, 0.25) is 5.02 Å². The Labute approximate surface area is 198 Å². The van der Waals surface area contributed by atoms with Crippen LogP contribution in [0.3, 0.4) is 0 Å². The van der Waals surface area contributed by atoms with E-state index in [-0.39, 0.29) is 23.6 Å². The van der Waals surface area contributed by atoms with Gasteiger partial charge in [0.15, 0.2) is 11.0 Å². The SMILES string of the molecule is CCn1c(SCC(=O)Nc2ccc(Br)cc2)nnc1[C@@H](C)NC(=O)c1ccccc1Cl. The standard InChI is InChI=1S/C21H21BrClN5O2S/c1-3-28-19(13(2)24-20(30)16-6-4-5-7-17(16)23)26-27-21(28)31-12-18(29)25-15-10-8-14(22)9-11-15/h4-11,13H,3,12H2,1-2H3,(H,24,30)(H,25,29)/t13-/m1/s1. The zero-order valence-corrected chi connectivity index (χ0v) is 20.1. The molecule has 3 rings (SSSR count). The van der Waals surface area contributed by atoms with E-state index in [9.17, 15) is 9.59 Å². The van der Waals surface area contributed by atoms with Crippen LogP contribution in [-0.2, 0) is 11.3 Å². The Balaban J connectivity index is 1.63. The molecule has 0 unspecified atom stereocenters. The maximum absolute atomic E-state index is 12.6. The highest BCUT2D eigenvalue weighted by molar-refractivity contribution is 9.10. The van der Waals surface area contributed by atoms with Crippen molar-refractivity contribution in [2.75, 3.05) is 11.1 Å². The summed E-state index contributed by atoms with van der Waals surface area (Å²) >= 11 is 10.8. The molecule has 0 spiro atoms. The minimum Gasteiger partial charge on any atom is -0.342 e. The van der Waals surface area contributed by atoms with Gasteiger partial charge in [-0.3, -0.25) is 9.59 Å². The lowest BCUT2D eigenvalue weighted by atomic mass is 10.2. The summed E-state index contributed by atoms with van der Waals surface area (Å²) in [5.41, 5.74) is 1.13. The number of benzene rings is 2. The molecule has 0 aliphatic rings. The van der Waals surface area contributed by atoms with Gasteiger partial charge in [-0.25, -0.2) is 0 Å². The predicted octanol–water partition coefficient (Wildman–Crippen LogP) is 4.94. The van der Waals surface area contributed by atoms with Crippen LogP contribution in [0.15, 0.2) is 58.2 Å². The molecule has 0 aliphatic carbocycles. The number of nitrogens with zero attached hydrogens (tertiary/aromatic N) is 3. The van der Waals surface area contributed by atoms with Gasteiger partial charge in [-0.05, 0) is 50.2 Å². The highest BCUT2D eigenvalue weighted by Gasteiger charge is 2.21. The van der Waals surface area contributed by atoms with Crippen molar-refractivity contribution in [3.63, 3.8) is 0 Å². The third-order valence-corrected chi connectivity index (χ3v) is 6.20. The summed E-state index contributed by atoms with van der Waals surface area (Å²) in [6, 6.07) is 13.8. The zero-order chi connectivity index (χ0) is 22.4. The van der Waals surface area contributed by atoms with Crippen LogP contribution in [-0.4, -0.2) is 32.3 Å². The van der Waals surface area contributed by atoms with Crippen LogP contribution in [0.4, 0.5) is 5.69 Å².